The lowest BCUT2D eigenvalue weighted by Crippen LogP contribution is -2.23. The van der Waals surface area contributed by atoms with E-state index in [1.165, 1.54) is 5.56 Å². The van der Waals surface area contributed by atoms with Gasteiger partial charge in [0.2, 0.25) is 5.91 Å². The van der Waals surface area contributed by atoms with Crippen molar-refractivity contribution >= 4 is 17.5 Å². The Kier molecular flexibility index (Phi) is 7.22. The zero-order valence-electron chi connectivity index (χ0n) is 17.3. The summed E-state index contributed by atoms with van der Waals surface area (Å²) in [6.07, 6.45) is 0.215. The maximum atomic E-state index is 12.5. The second-order valence-electron chi connectivity index (χ2n) is 7.03. The molecule has 0 radical (unpaired) electrons. The minimum absolute atomic E-state index is 0.154. The Morgan fingerprint density at radius 1 is 0.933 bits per heavy atom. The summed E-state index contributed by atoms with van der Waals surface area (Å²) in [6.45, 7) is 4.95. The molecule has 30 heavy (non-hydrogen) atoms. The van der Waals surface area contributed by atoms with Gasteiger partial charge in [0.25, 0.3) is 5.91 Å². The molecule has 3 rings (SSSR count). The van der Waals surface area contributed by atoms with E-state index in [1.54, 1.807) is 24.3 Å². The van der Waals surface area contributed by atoms with Crippen molar-refractivity contribution < 1.29 is 14.3 Å². The number of anilines is 1. The van der Waals surface area contributed by atoms with Gasteiger partial charge in [-0.2, -0.15) is 0 Å². The van der Waals surface area contributed by atoms with Gasteiger partial charge >= 0.3 is 0 Å². The second kappa shape index (κ2) is 10.3. The molecule has 0 fully saturated rings. The van der Waals surface area contributed by atoms with Crippen LogP contribution >= 0.6 is 0 Å². The Labute approximate surface area is 177 Å². The van der Waals surface area contributed by atoms with E-state index >= 15 is 0 Å². The molecule has 3 aromatic rings. The van der Waals surface area contributed by atoms with Gasteiger partial charge in [-0.25, -0.2) is 0 Å². The van der Waals surface area contributed by atoms with Crippen LogP contribution in [0.2, 0.25) is 0 Å². The highest BCUT2D eigenvalue weighted by atomic mass is 16.5. The number of benzene rings is 3. The van der Waals surface area contributed by atoms with E-state index in [0.29, 0.717) is 24.4 Å². The van der Waals surface area contributed by atoms with E-state index < -0.39 is 0 Å². The fourth-order valence-corrected chi connectivity index (χ4v) is 3.07. The number of ether oxygens (including phenoxy) is 1. The van der Waals surface area contributed by atoms with Crippen molar-refractivity contribution in [1.82, 2.24) is 5.32 Å². The van der Waals surface area contributed by atoms with Gasteiger partial charge in [0.05, 0.1) is 6.42 Å². The van der Waals surface area contributed by atoms with Crippen LogP contribution in [0.4, 0.5) is 5.69 Å². The van der Waals surface area contributed by atoms with Crippen LogP contribution in [-0.4, -0.2) is 18.4 Å². The first-order valence-corrected chi connectivity index (χ1v) is 9.99. The fourth-order valence-electron chi connectivity index (χ4n) is 3.07. The first-order chi connectivity index (χ1) is 14.5. The lowest BCUT2D eigenvalue weighted by Gasteiger charge is -2.11. The molecular weight excluding hydrogens is 376 g/mol. The van der Waals surface area contributed by atoms with Crippen LogP contribution in [0.3, 0.4) is 0 Å². The van der Waals surface area contributed by atoms with Gasteiger partial charge < -0.3 is 15.4 Å². The average molecular weight is 402 g/mol. The van der Waals surface area contributed by atoms with Crippen LogP contribution in [0.15, 0.2) is 72.8 Å². The molecule has 0 saturated heterocycles. The van der Waals surface area contributed by atoms with Gasteiger partial charge in [-0.1, -0.05) is 42.5 Å². The lowest BCUT2D eigenvalue weighted by molar-refractivity contribution is -0.115. The minimum Gasteiger partial charge on any atom is -0.489 e. The van der Waals surface area contributed by atoms with Gasteiger partial charge in [0.1, 0.15) is 12.4 Å². The third kappa shape index (κ3) is 5.95. The second-order valence-corrected chi connectivity index (χ2v) is 7.03. The summed E-state index contributed by atoms with van der Waals surface area (Å²) in [5.74, 6) is 0.410. The molecule has 0 heterocycles. The van der Waals surface area contributed by atoms with Crippen molar-refractivity contribution in [2.45, 2.75) is 26.9 Å². The Morgan fingerprint density at radius 2 is 1.73 bits per heavy atom. The van der Waals surface area contributed by atoms with Gasteiger partial charge in [-0.3, -0.25) is 9.59 Å². The molecule has 2 N–H and O–H groups in total. The van der Waals surface area contributed by atoms with Crippen LogP contribution in [0.1, 0.15) is 34.0 Å². The van der Waals surface area contributed by atoms with E-state index in [4.69, 9.17) is 4.74 Å². The fraction of sp³-hybridized carbons (Fsp3) is 0.200. The average Bonchev–Trinajstić information content (AvgIpc) is 2.74. The van der Waals surface area contributed by atoms with Gasteiger partial charge in [0, 0.05) is 17.8 Å². The number of hydrogen-bond donors (Lipinski definition) is 2. The SMILES string of the molecule is CCNC(=O)c1cccc(NC(=O)Cc2cccc(OCc3ccccc3C)c2)c1. The molecule has 0 aliphatic rings. The summed E-state index contributed by atoms with van der Waals surface area (Å²) in [5, 5.41) is 5.60. The number of amides is 2. The Hall–Kier alpha value is -3.60. The molecule has 0 atom stereocenters. The molecule has 0 aromatic heterocycles. The summed E-state index contributed by atoms with van der Waals surface area (Å²) >= 11 is 0. The van der Waals surface area contributed by atoms with Crippen molar-refractivity contribution in [2.75, 3.05) is 11.9 Å². The molecule has 0 aliphatic carbocycles. The Morgan fingerprint density at radius 3 is 2.53 bits per heavy atom. The van der Waals surface area contributed by atoms with E-state index in [1.807, 2.05) is 49.4 Å². The minimum atomic E-state index is -0.160. The largest absolute Gasteiger partial charge is 0.489 e. The highest BCUT2D eigenvalue weighted by molar-refractivity contribution is 5.97. The van der Waals surface area contributed by atoms with Crippen molar-refractivity contribution in [3.8, 4) is 5.75 Å². The number of carbonyl (C=O) groups is 2. The van der Waals surface area contributed by atoms with Crippen LogP contribution in [-0.2, 0) is 17.8 Å². The summed E-state index contributed by atoms with van der Waals surface area (Å²) < 4.78 is 5.90. The number of rotatable bonds is 8. The zero-order chi connectivity index (χ0) is 21.3. The molecule has 5 heteroatoms. The third-order valence-corrected chi connectivity index (χ3v) is 4.66. The third-order valence-electron chi connectivity index (χ3n) is 4.66. The van der Waals surface area contributed by atoms with Crippen molar-refractivity contribution in [1.29, 1.82) is 0 Å². The van der Waals surface area contributed by atoms with Gasteiger partial charge in [-0.05, 0) is 60.9 Å². The summed E-state index contributed by atoms with van der Waals surface area (Å²) in [6, 6.07) is 22.5. The lowest BCUT2D eigenvalue weighted by atomic mass is 10.1. The summed E-state index contributed by atoms with van der Waals surface area (Å²) in [7, 11) is 0. The number of nitrogens with one attached hydrogen (secondary N) is 2. The number of hydrogen-bond acceptors (Lipinski definition) is 3. The monoisotopic (exact) mass is 402 g/mol. The van der Waals surface area contributed by atoms with Crippen molar-refractivity contribution in [3.05, 3.63) is 95.1 Å². The first-order valence-electron chi connectivity index (χ1n) is 9.99. The van der Waals surface area contributed by atoms with Crippen molar-refractivity contribution in [3.63, 3.8) is 0 Å². The molecule has 0 saturated carbocycles. The standard InChI is InChI=1S/C25H26N2O3/c1-3-26-25(29)20-11-7-12-22(16-20)27-24(28)15-19-9-6-13-23(14-19)30-17-21-10-5-4-8-18(21)2/h4-14,16H,3,15,17H2,1-2H3,(H,26,29)(H,27,28). The Bertz CT molecular complexity index is 1030. The maximum Gasteiger partial charge on any atom is 0.251 e. The predicted molar refractivity (Wildman–Crippen MR) is 119 cm³/mol. The topological polar surface area (TPSA) is 67.4 Å². The quantitative estimate of drug-likeness (QED) is 0.583. The highest BCUT2D eigenvalue weighted by Crippen LogP contribution is 2.18. The van der Waals surface area contributed by atoms with Gasteiger partial charge in [0.15, 0.2) is 0 Å². The molecular formula is C25H26N2O3. The summed E-state index contributed by atoms with van der Waals surface area (Å²) in [4.78, 5) is 24.4. The zero-order valence-corrected chi connectivity index (χ0v) is 17.3. The van der Waals surface area contributed by atoms with Gasteiger partial charge in [-0.15, -0.1) is 0 Å². The number of aryl methyl sites for hydroxylation is 1. The first kappa shape index (κ1) is 21.1. The number of carbonyl (C=O) groups excluding carboxylic acids is 2. The summed E-state index contributed by atoms with van der Waals surface area (Å²) in [5.41, 5.74) is 4.28. The van der Waals surface area contributed by atoms with Crippen molar-refractivity contribution in [2.24, 2.45) is 0 Å². The predicted octanol–water partition coefficient (Wildman–Crippen LogP) is 4.50. The molecule has 0 spiro atoms. The van der Waals surface area contributed by atoms with E-state index in [0.717, 1.165) is 16.9 Å². The molecule has 3 aromatic carbocycles. The molecule has 2 amide bonds. The molecule has 0 bridgehead atoms. The van der Waals surface area contributed by atoms with Crippen LogP contribution in [0, 0.1) is 6.92 Å². The molecule has 154 valence electrons. The molecule has 0 aliphatic heterocycles. The normalized spacial score (nSPS) is 10.3. The van der Waals surface area contributed by atoms with Crippen LogP contribution < -0.4 is 15.4 Å². The van der Waals surface area contributed by atoms with Crippen LogP contribution in [0.5, 0.6) is 5.75 Å². The highest BCUT2D eigenvalue weighted by Gasteiger charge is 2.09. The van der Waals surface area contributed by atoms with E-state index in [-0.39, 0.29) is 18.2 Å². The Balaban J connectivity index is 1.59. The van der Waals surface area contributed by atoms with E-state index in [2.05, 4.69) is 23.6 Å². The smallest absolute Gasteiger partial charge is 0.251 e. The maximum absolute atomic E-state index is 12.5. The molecule has 0 unspecified atom stereocenters. The molecule has 5 nitrogen and oxygen atoms in total. The van der Waals surface area contributed by atoms with Crippen LogP contribution in [0.25, 0.3) is 0 Å². The van der Waals surface area contributed by atoms with E-state index in [9.17, 15) is 9.59 Å².